The van der Waals surface area contributed by atoms with Gasteiger partial charge in [-0.1, -0.05) is 43.5 Å². The van der Waals surface area contributed by atoms with Crippen molar-refractivity contribution in [3.8, 4) is 5.75 Å². The zero-order chi connectivity index (χ0) is 19.2. The molecule has 3 N–H and O–H groups in total. The summed E-state index contributed by atoms with van der Waals surface area (Å²) in [4.78, 5) is 0. The monoisotopic (exact) mass is 388 g/mol. The van der Waals surface area contributed by atoms with E-state index in [1.165, 1.54) is 12.8 Å². The molecule has 0 spiro atoms. The van der Waals surface area contributed by atoms with Gasteiger partial charge in [0.05, 0.1) is 6.54 Å². The largest absolute Gasteiger partial charge is 0.491 e. The number of nitrogens with two attached hydrogens (primary N) is 1. The zero-order valence-corrected chi connectivity index (χ0v) is 16.4. The van der Waals surface area contributed by atoms with Gasteiger partial charge in [-0.15, -0.1) is 0 Å². The lowest BCUT2D eigenvalue weighted by Gasteiger charge is -2.12. The van der Waals surface area contributed by atoms with Crippen LogP contribution in [0.1, 0.15) is 26.2 Å². The third-order valence-electron chi connectivity index (χ3n) is 4.65. The summed E-state index contributed by atoms with van der Waals surface area (Å²) in [7, 11) is 0. The lowest BCUT2D eigenvalue weighted by molar-refractivity contribution is -0.665. The van der Waals surface area contributed by atoms with Crippen LogP contribution in [0.15, 0.2) is 48.5 Å². The molecular weight excluding hydrogens is 362 g/mol. The third kappa shape index (κ3) is 4.73. The first-order valence-corrected chi connectivity index (χ1v) is 9.81. The van der Waals surface area contributed by atoms with Gasteiger partial charge < -0.3 is 9.84 Å². The van der Waals surface area contributed by atoms with E-state index in [1.54, 1.807) is 24.3 Å². The Kier molecular flexibility index (Phi) is 6.58. The van der Waals surface area contributed by atoms with Crippen LogP contribution in [0.4, 0.5) is 5.95 Å². The van der Waals surface area contributed by atoms with Crippen molar-refractivity contribution in [2.24, 2.45) is 0 Å². The zero-order valence-electron chi connectivity index (χ0n) is 15.6. The van der Waals surface area contributed by atoms with Gasteiger partial charge in [-0.3, -0.25) is 5.73 Å². The van der Waals surface area contributed by atoms with Gasteiger partial charge in [0.15, 0.2) is 0 Å². The van der Waals surface area contributed by atoms with Crippen LogP contribution in [-0.2, 0) is 13.1 Å². The first-order chi connectivity index (χ1) is 13.1. The van der Waals surface area contributed by atoms with Gasteiger partial charge in [-0.2, -0.15) is 0 Å². The first-order valence-electron chi connectivity index (χ1n) is 9.43. The molecule has 0 bridgehead atoms. The summed E-state index contributed by atoms with van der Waals surface area (Å²) in [5, 5.41) is 11.1. The number of anilines is 1. The molecule has 0 aliphatic carbocycles. The molecule has 1 atom stereocenters. The molecule has 0 aliphatic rings. The quantitative estimate of drug-likeness (QED) is 0.433. The fourth-order valence-electron chi connectivity index (χ4n) is 3.25. The summed E-state index contributed by atoms with van der Waals surface area (Å²) in [5.41, 5.74) is 8.55. The highest BCUT2D eigenvalue weighted by Crippen LogP contribution is 2.18. The molecule has 0 fully saturated rings. The number of hydrogen-bond acceptors (Lipinski definition) is 3. The number of ether oxygens (including phenoxy) is 1. The lowest BCUT2D eigenvalue weighted by Crippen LogP contribution is -2.43. The summed E-state index contributed by atoms with van der Waals surface area (Å²) < 4.78 is 9.77. The average molecular weight is 389 g/mol. The second-order valence-corrected chi connectivity index (χ2v) is 7.17. The lowest BCUT2D eigenvalue weighted by atomic mass is 10.2. The summed E-state index contributed by atoms with van der Waals surface area (Å²) in [6.07, 6.45) is 2.74. The highest BCUT2D eigenvalue weighted by molar-refractivity contribution is 6.30. The predicted molar refractivity (Wildman–Crippen MR) is 109 cm³/mol. The number of aliphatic hydroxyl groups excluding tert-OH is 1. The molecule has 0 aliphatic heterocycles. The van der Waals surface area contributed by atoms with Crippen molar-refractivity contribution in [3.05, 3.63) is 53.6 Å². The Hall–Kier alpha value is -2.24. The maximum absolute atomic E-state index is 10.5. The number of aryl methyl sites for hydroxylation is 1. The average Bonchev–Trinajstić information content (AvgIpc) is 2.94. The highest BCUT2D eigenvalue weighted by atomic mass is 35.5. The van der Waals surface area contributed by atoms with Crippen molar-refractivity contribution in [3.63, 3.8) is 0 Å². The maximum atomic E-state index is 10.5. The summed E-state index contributed by atoms with van der Waals surface area (Å²) >= 11 is 5.88. The number of halogens is 1. The van der Waals surface area contributed by atoms with Crippen LogP contribution in [-0.4, -0.2) is 22.4 Å². The fourth-order valence-corrected chi connectivity index (χ4v) is 3.37. The van der Waals surface area contributed by atoms with Crippen LogP contribution < -0.4 is 15.0 Å². The maximum Gasteiger partial charge on any atom is 0.356 e. The molecule has 3 rings (SSSR count). The molecule has 1 aromatic heterocycles. The number of nitrogen functional groups attached to an aromatic ring is 1. The van der Waals surface area contributed by atoms with Crippen molar-refractivity contribution in [2.45, 2.75) is 45.4 Å². The van der Waals surface area contributed by atoms with Crippen LogP contribution in [0.5, 0.6) is 5.75 Å². The van der Waals surface area contributed by atoms with Gasteiger partial charge in [-0.05, 0) is 42.8 Å². The molecule has 2 aromatic carbocycles. The molecule has 144 valence electrons. The van der Waals surface area contributed by atoms with Crippen LogP contribution in [0.25, 0.3) is 11.0 Å². The van der Waals surface area contributed by atoms with E-state index in [0.29, 0.717) is 23.3 Å². The Morgan fingerprint density at radius 1 is 1.15 bits per heavy atom. The van der Waals surface area contributed by atoms with Gasteiger partial charge in [0.2, 0.25) is 0 Å². The van der Waals surface area contributed by atoms with E-state index in [1.807, 2.05) is 22.8 Å². The van der Waals surface area contributed by atoms with E-state index in [2.05, 4.69) is 17.6 Å². The fraction of sp³-hybridized carbons (Fsp3) is 0.381. The SMILES string of the molecule is CCCCCn1c(N)[n+](C[C@H](O)COc2ccc(Cl)cc2)c2ccccc21. The van der Waals surface area contributed by atoms with Crippen LogP contribution in [0.2, 0.25) is 5.02 Å². The molecule has 0 radical (unpaired) electrons. The Morgan fingerprint density at radius 3 is 2.63 bits per heavy atom. The number of hydrogen-bond donors (Lipinski definition) is 2. The topological polar surface area (TPSA) is 64.3 Å². The minimum atomic E-state index is -0.678. The number of aliphatic hydroxyl groups is 1. The van der Waals surface area contributed by atoms with Gasteiger partial charge >= 0.3 is 5.95 Å². The molecule has 0 amide bonds. The van der Waals surface area contributed by atoms with Crippen LogP contribution in [0, 0.1) is 0 Å². The summed E-state index contributed by atoms with van der Waals surface area (Å²) in [5.74, 6) is 1.34. The van der Waals surface area contributed by atoms with E-state index >= 15 is 0 Å². The predicted octanol–water partition coefficient (Wildman–Crippen LogP) is 3.79. The molecule has 0 saturated carbocycles. The molecule has 0 saturated heterocycles. The molecular formula is C21H27ClN3O2+. The van der Waals surface area contributed by atoms with Gasteiger partial charge in [0.1, 0.15) is 36.0 Å². The Balaban J connectivity index is 1.73. The van der Waals surface area contributed by atoms with Crippen LogP contribution in [0.3, 0.4) is 0 Å². The number of fused-ring (bicyclic) bond motifs is 1. The van der Waals surface area contributed by atoms with E-state index < -0.39 is 6.10 Å². The van der Waals surface area contributed by atoms with Crippen molar-refractivity contribution in [1.82, 2.24) is 4.57 Å². The number of benzene rings is 2. The molecule has 5 nitrogen and oxygen atoms in total. The smallest absolute Gasteiger partial charge is 0.356 e. The summed E-state index contributed by atoms with van der Waals surface area (Å²) in [6.45, 7) is 3.63. The number of nitrogens with zero attached hydrogens (tertiary/aromatic N) is 2. The minimum Gasteiger partial charge on any atom is -0.491 e. The number of imidazole rings is 1. The van der Waals surface area contributed by atoms with Crippen molar-refractivity contribution < 1.29 is 14.4 Å². The van der Waals surface area contributed by atoms with Gasteiger partial charge in [0, 0.05) is 5.02 Å². The standard InChI is InChI=1S/C21H26ClN3O2/c1-2-3-6-13-24-19-7-4-5-8-20(19)25(21(24)23)14-17(26)15-27-18-11-9-16(22)10-12-18/h4-5,7-12,17,23,26H,2-3,6,13-15H2,1H3/p+1/t17-/m0/s1. The van der Waals surface area contributed by atoms with E-state index in [4.69, 9.17) is 22.1 Å². The van der Waals surface area contributed by atoms with Crippen molar-refractivity contribution in [1.29, 1.82) is 0 Å². The Morgan fingerprint density at radius 2 is 1.89 bits per heavy atom. The van der Waals surface area contributed by atoms with E-state index in [-0.39, 0.29) is 6.61 Å². The van der Waals surface area contributed by atoms with Crippen molar-refractivity contribution >= 4 is 28.6 Å². The normalized spacial score (nSPS) is 12.4. The van der Waals surface area contributed by atoms with E-state index in [9.17, 15) is 5.11 Å². The Bertz CT molecular complexity index is 877. The highest BCUT2D eigenvalue weighted by Gasteiger charge is 2.22. The van der Waals surface area contributed by atoms with Gasteiger partial charge in [-0.25, -0.2) is 9.13 Å². The number of para-hydroxylation sites is 2. The van der Waals surface area contributed by atoms with E-state index in [0.717, 1.165) is 24.0 Å². The number of rotatable bonds is 9. The molecule has 27 heavy (non-hydrogen) atoms. The Labute approximate surface area is 164 Å². The molecule has 0 unspecified atom stereocenters. The van der Waals surface area contributed by atoms with Gasteiger partial charge in [0.25, 0.3) is 0 Å². The second-order valence-electron chi connectivity index (χ2n) is 6.74. The molecule has 1 heterocycles. The summed E-state index contributed by atoms with van der Waals surface area (Å²) in [6, 6.07) is 15.2. The second kappa shape index (κ2) is 9.11. The number of unbranched alkanes of at least 4 members (excludes halogenated alkanes) is 2. The molecule has 3 aromatic rings. The minimum absolute atomic E-state index is 0.184. The van der Waals surface area contributed by atoms with Crippen LogP contribution >= 0.6 is 11.6 Å². The number of aromatic nitrogens is 2. The molecule has 6 heteroatoms. The van der Waals surface area contributed by atoms with Crippen molar-refractivity contribution in [2.75, 3.05) is 12.3 Å². The first kappa shape index (κ1) is 19.5. The third-order valence-corrected chi connectivity index (χ3v) is 4.90.